The fourth-order valence-electron chi connectivity index (χ4n) is 2.97. The molecular formula is C18H19F2N3O3S. The number of anilines is 2. The number of halogens is 2. The van der Waals surface area contributed by atoms with Gasteiger partial charge in [0.15, 0.2) is 0 Å². The van der Waals surface area contributed by atoms with Gasteiger partial charge in [0.2, 0.25) is 15.9 Å². The zero-order chi connectivity index (χ0) is 19.6. The highest BCUT2D eigenvalue weighted by Gasteiger charge is 2.29. The highest BCUT2D eigenvalue weighted by molar-refractivity contribution is 7.89. The topological polar surface area (TPSA) is 69.7 Å². The van der Waals surface area contributed by atoms with Crippen LogP contribution < -0.4 is 10.2 Å². The SMILES string of the molecule is CC(=O)Nc1ccc(S(=O)(=O)N2CCN(c3ccc(F)cc3F)CC2)cc1. The van der Waals surface area contributed by atoms with Crippen molar-refractivity contribution < 1.29 is 22.0 Å². The molecule has 0 aliphatic carbocycles. The second-order valence-electron chi connectivity index (χ2n) is 6.19. The van der Waals surface area contributed by atoms with Crippen LogP contribution in [0.5, 0.6) is 0 Å². The predicted octanol–water partition coefficient (Wildman–Crippen LogP) is 2.43. The van der Waals surface area contributed by atoms with Crippen LogP contribution in [0, 0.1) is 11.6 Å². The molecule has 0 atom stereocenters. The minimum atomic E-state index is -3.69. The first-order valence-corrected chi connectivity index (χ1v) is 9.79. The first-order chi connectivity index (χ1) is 12.8. The van der Waals surface area contributed by atoms with Crippen molar-refractivity contribution in [1.29, 1.82) is 0 Å². The largest absolute Gasteiger partial charge is 0.367 e. The summed E-state index contributed by atoms with van der Waals surface area (Å²) in [4.78, 5) is 12.9. The van der Waals surface area contributed by atoms with Gasteiger partial charge in [-0.2, -0.15) is 4.31 Å². The van der Waals surface area contributed by atoms with Crippen molar-refractivity contribution in [3.63, 3.8) is 0 Å². The van der Waals surface area contributed by atoms with Crippen molar-refractivity contribution in [3.05, 3.63) is 54.1 Å². The third-order valence-corrected chi connectivity index (χ3v) is 6.21. The molecule has 1 aliphatic heterocycles. The number of carbonyl (C=O) groups excluding carboxylic acids is 1. The molecular weight excluding hydrogens is 376 g/mol. The molecule has 1 fully saturated rings. The maximum absolute atomic E-state index is 13.9. The molecule has 0 radical (unpaired) electrons. The summed E-state index contributed by atoms with van der Waals surface area (Å²) in [6, 6.07) is 9.28. The normalized spacial score (nSPS) is 15.6. The van der Waals surface area contributed by atoms with E-state index in [1.165, 1.54) is 47.6 Å². The number of sulfonamides is 1. The monoisotopic (exact) mass is 395 g/mol. The Morgan fingerprint density at radius 1 is 1.00 bits per heavy atom. The predicted molar refractivity (Wildman–Crippen MR) is 98.1 cm³/mol. The van der Waals surface area contributed by atoms with E-state index < -0.39 is 21.7 Å². The van der Waals surface area contributed by atoms with E-state index >= 15 is 0 Å². The average molecular weight is 395 g/mol. The number of carbonyl (C=O) groups is 1. The molecule has 0 saturated carbocycles. The van der Waals surface area contributed by atoms with Crippen LogP contribution in [0.15, 0.2) is 47.4 Å². The summed E-state index contributed by atoms with van der Waals surface area (Å²) >= 11 is 0. The van der Waals surface area contributed by atoms with E-state index in [1.54, 1.807) is 4.90 Å². The molecule has 0 spiro atoms. The molecule has 1 aliphatic rings. The van der Waals surface area contributed by atoms with Gasteiger partial charge in [-0.25, -0.2) is 17.2 Å². The fourth-order valence-corrected chi connectivity index (χ4v) is 4.39. The number of rotatable bonds is 4. The van der Waals surface area contributed by atoms with Gasteiger partial charge < -0.3 is 10.2 Å². The molecule has 3 rings (SSSR count). The van der Waals surface area contributed by atoms with Gasteiger partial charge in [-0.15, -0.1) is 0 Å². The molecule has 2 aromatic rings. The lowest BCUT2D eigenvalue weighted by Crippen LogP contribution is -2.48. The quantitative estimate of drug-likeness (QED) is 0.863. The number of amides is 1. The summed E-state index contributed by atoms with van der Waals surface area (Å²) in [6.07, 6.45) is 0. The van der Waals surface area contributed by atoms with E-state index in [4.69, 9.17) is 0 Å². The molecule has 0 unspecified atom stereocenters. The van der Waals surface area contributed by atoms with Crippen molar-refractivity contribution >= 4 is 27.3 Å². The van der Waals surface area contributed by atoms with Crippen LogP contribution in [0.3, 0.4) is 0 Å². The number of hydrogen-bond acceptors (Lipinski definition) is 4. The van der Waals surface area contributed by atoms with Crippen molar-refractivity contribution in [1.82, 2.24) is 4.31 Å². The Balaban J connectivity index is 1.70. The van der Waals surface area contributed by atoms with Crippen LogP contribution in [0.2, 0.25) is 0 Å². The minimum absolute atomic E-state index is 0.123. The van der Waals surface area contributed by atoms with Gasteiger partial charge >= 0.3 is 0 Å². The van der Waals surface area contributed by atoms with Crippen molar-refractivity contribution in [2.24, 2.45) is 0 Å². The standard InChI is InChI=1S/C18H19F2N3O3S/c1-13(24)21-15-3-5-16(6-4-15)27(25,26)23-10-8-22(9-11-23)18-7-2-14(19)12-17(18)20/h2-7,12H,8-11H2,1H3,(H,21,24). The van der Waals surface area contributed by atoms with E-state index in [0.29, 0.717) is 18.8 Å². The number of hydrogen-bond donors (Lipinski definition) is 1. The Morgan fingerprint density at radius 3 is 2.19 bits per heavy atom. The van der Waals surface area contributed by atoms with Crippen LogP contribution in [-0.4, -0.2) is 44.8 Å². The Bertz CT molecular complexity index is 941. The molecule has 1 saturated heterocycles. The second kappa shape index (κ2) is 7.61. The third kappa shape index (κ3) is 4.25. The van der Waals surface area contributed by atoms with E-state index in [2.05, 4.69) is 5.32 Å². The van der Waals surface area contributed by atoms with Crippen molar-refractivity contribution in [2.45, 2.75) is 11.8 Å². The number of nitrogens with zero attached hydrogens (tertiary/aromatic N) is 2. The van der Waals surface area contributed by atoms with Crippen LogP contribution >= 0.6 is 0 Å². The maximum atomic E-state index is 13.9. The maximum Gasteiger partial charge on any atom is 0.243 e. The van der Waals surface area contributed by atoms with E-state index in [1.807, 2.05) is 0 Å². The van der Waals surface area contributed by atoms with E-state index in [0.717, 1.165) is 6.07 Å². The number of benzene rings is 2. The van der Waals surface area contributed by atoms with Crippen LogP contribution in [0.4, 0.5) is 20.2 Å². The second-order valence-corrected chi connectivity index (χ2v) is 8.13. The zero-order valence-corrected chi connectivity index (χ0v) is 15.5. The van der Waals surface area contributed by atoms with Crippen LogP contribution in [0.25, 0.3) is 0 Å². The molecule has 1 amide bonds. The molecule has 0 aromatic heterocycles. The number of nitrogens with one attached hydrogen (secondary N) is 1. The molecule has 0 bridgehead atoms. The van der Waals surface area contributed by atoms with Gasteiger partial charge in [-0.05, 0) is 36.4 Å². The average Bonchev–Trinajstić information content (AvgIpc) is 2.62. The lowest BCUT2D eigenvalue weighted by molar-refractivity contribution is -0.114. The van der Waals surface area contributed by atoms with Crippen molar-refractivity contribution in [3.8, 4) is 0 Å². The van der Waals surface area contributed by atoms with E-state index in [9.17, 15) is 22.0 Å². The first-order valence-electron chi connectivity index (χ1n) is 8.35. The third-order valence-electron chi connectivity index (χ3n) is 4.30. The van der Waals surface area contributed by atoms with Gasteiger partial charge in [0, 0.05) is 44.9 Å². The van der Waals surface area contributed by atoms with Crippen molar-refractivity contribution in [2.75, 3.05) is 36.4 Å². The summed E-state index contributed by atoms with van der Waals surface area (Å²) in [5, 5.41) is 2.58. The number of piperazine rings is 1. The fraction of sp³-hybridized carbons (Fsp3) is 0.278. The van der Waals surface area contributed by atoms with Gasteiger partial charge in [0.05, 0.1) is 10.6 Å². The lowest BCUT2D eigenvalue weighted by Gasteiger charge is -2.35. The Morgan fingerprint density at radius 2 is 1.63 bits per heavy atom. The lowest BCUT2D eigenvalue weighted by atomic mass is 10.2. The molecule has 9 heteroatoms. The van der Waals surface area contributed by atoms with Gasteiger partial charge in [-0.3, -0.25) is 4.79 Å². The summed E-state index contributed by atoms with van der Waals surface area (Å²) in [7, 11) is -3.69. The zero-order valence-electron chi connectivity index (χ0n) is 14.7. The Labute approximate surface area is 156 Å². The minimum Gasteiger partial charge on any atom is -0.367 e. The highest BCUT2D eigenvalue weighted by atomic mass is 32.2. The Kier molecular flexibility index (Phi) is 5.43. The highest BCUT2D eigenvalue weighted by Crippen LogP contribution is 2.24. The van der Waals surface area contributed by atoms with Gasteiger partial charge in [-0.1, -0.05) is 0 Å². The molecule has 27 heavy (non-hydrogen) atoms. The van der Waals surface area contributed by atoms with Crippen LogP contribution in [-0.2, 0) is 14.8 Å². The summed E-state index contributed by atoms with van der Waals surface area (Å²) in [6.45, 7) is 2.34. The van der Waals surface area contributed by atoms with Gasteiger partial charge in [0.25, 0.3) is 0 Å². The van der Waals surface area contributed by atoms with Gasteiger partial charge in [0.1, 0.15) is 11.6 Å². The molecule has 1 N–H and O–H groups in total. The van der Waals surface area contributed by atoms with Crippen LogP contribution in [0.1, 0.15) is 6.92 Å². The molecule has 144 valence electrons. The molecule has 6 nitrogen and oxygen atoms in total. The van der Waals surface area contributed by atoms with E-state index in [-0.39, 0.29) is 29.6 Å². The summed E-state index contributed by atoms with van der Waals surface area (Å²) in [5.41, 5.74) is 0.770. The smallest absolute Gasteiger partial charge is 0.243 e. The first kappa shape index (κ1) is 19.2. The summed E-state index contributed by atoms with van der Waals surface area (Å²) in [5.74, 6) is -1.56. The summed E-state index contributed by atoms with van der Waals surface area (Å²) < 4.78 is 53.8. The Hall–Kier alpha value is -2.52. The molecule has 1 heterocycles. The molecule has 2 aromatic carbocycles.